The molecular formula is C19H24N2O4. The van der Waals surface area contributed by atoms with Crippen molar-refractivity contribution in [1.29, 1.82) is 0 Å². The van der Waals surface area contributed by atoms with E-state index in [-0.39, 0.29) is 30.9 Å². The van der Waals surface area contributed by atoms with Gasteiger partial charge in [-0.1, -0.05) is 6.92 Å². The third-order valence-corrected chi connectivity index (χ3v) is 5.12. The molecule has 0 radical (unpaired) electrons. The number of carbonyl (C=O) groups is 2. The van der Waals surface area contributed by atoms with Crippen molar-refractivity contribution in [2.45, 2.75) is 32.6 Å². The molecule has 134 valence electrons. The largest absolute Gasteiger partial charge is 0.454 e. The van der Waals surface area contributed by atoms with Crippen molar-refractivity contribution in [1.82, 2.24) is 4.90 Å². The van der Waals surface area contributed by atoms with Crippen LogP contribution >= 0.6 is 0 Å². The van der Waals surface area contributed by atoms with Crippen molar-refractivity contribution in [2.75, 3.05) is 31.3 Å². The van der Waals surface area contributed by atoms with Crippen LogP contribution in [0.2, 0.25) is 0 Å². The second-order valence-corrected chi connectivity index (χ2v) is 7.17. The third kappa shape index (κ3) is 3.30. The average molecular weight is 344 g/mol. The number of hydrogen-bond donors (Lipinski definition) is 0. The molecule has 25 heavy (non-hydrogen) atoms. The van der Waals surface area contributed by atoms with Crippen molar-refractivity contribution in [2.24, 2.45) is 11.8 Å². The lowest BCUT2D eigenvalue weighted by atomic mass is 10.1. The fourth-order valence-electron chi connectivity index (χ4n) is 3.61. The molecule has 3 aliphatic rings. The zero-order valence-corrected chi connectivity index (χ0v) is 14.6. The molecule has 2 aliphatic heterocycles. The van der Waals surface area contributed by atoms with Crippen LogP contribution in [0.5, 0.6) is 11.5 Å². The van der Waals surface area contributed by atoms with E-state index >= 15 is 0 Å². The minimum absolute atomic E-state index is 0.0000794. The molecular weight excluding hydrogens is 320 g/mol. The van der Waals surface area contributed by atoms with E-state index in [0.29, 0.717) is 24.0 Å². The summed E-state index contributed by atoms with van der Waals surface area (Å²) in [4.78, 5) is 29.1. The molecule has 1 saturated heterocycles. The van der Waals surface area contributed by atoms with Gasteiger partial charge in [0.25, 0.3) is 0 Å². The topological polar surface area (TPSA) is 59.1 Å². The maximum atomic E-state index is 12.9. The number of nitrogens with zero attached hydrogens (tertiary/aromatic N) is 2. The predicted molar refractivity (Wildman–Crippen MR) is 92.6 cm³/mol. The minimum Gasteiger partial charge on any atom is -0.454 e. The van der Waals surface area contributed by atoms with Crippen LogP contribution in [0.1, 0.15) is 32.6 Å². The van der Waals surface area contributed by atoms with E-state index in [1.165, 1.54) is 12.8 Å². The molecule has 0 aromatic heterocycles. The third-order valence-electron chi connectivity index (χ3n) is 5.12. The molecule has 2 heterocycles. The Labute approximate surface area is 147 Å². The normalized spacial score (nSPS) is 21.7. The number of rotatable bonds is 6. The van der Waals surface area contributed by atoms with Crippen LogP contribution in [0, 0.1) is 11.8 Å². The van der Waals surface area contributed by atoms with Gasteiger partial charge >= 0.3 is 0 Å². The van der Waals surface area contributed by atoms with Crippen molar-refractivity contribution in [3.63, 3.8) is 0 Å². The lowest BCUT2D eigenvalue weighted by Gasteiger charge is -2.25. The molecule has 1 unspecified atom stereocenters. The van der Waals surface area contributed by atoms with E-state index in [9.17, 15) is 9.59 Å². The molecule has 0 spiro atoms. The standard InChI is InChI=1S/C19H24N2O4/c1-2-7-20(10-13-3-4-13)19(23)14-8-18(22)21(11-14)15-5-6-16-17(9-15)25-12-24-16/h5-6,9,13-14H,2-4,7-8,10-12H2,1H3. The van der Waals surface area contributed by atoms with Crippen LogP contribution in [-0.2, 0) is 9.59 Å². The van der Waals surface area contributed by atoms with Crippen LogP contribution in [0.4, 0.5) is 5.69 Å². The van der Waals surface area contributed by atoms with Crippen LogP contribution in [0.15, 0.2) is 18.2 Å². The van der Waals surface area contributed by atoms with Crippen molar-refractivity contribution in [3.8, 4) is 11.5 Å². The van der Waals surface area contributed by atoms with E-state index in [4.69, 9.17) is 9.47 Å². The summed E-state index contributed by atoms with van der Waals surface area (Å²) >= 11 is 0. The molecule has 0 N–H and O–H groups in total. The lowest BCUT2D eigenvalue weighted by Crippen LogP contribution is -2.39. The smallest absolute Gasteiger partial charge is 0.231 e. The Morgan fingerprint density at radius 1 is 1.28 bits per heavy atom. The van der Waals surface area contributed by atoms with Gasteiger partial charge in [-0.15, -0.1) is 0 Å². The monoisotopic (exact) mass is 344 g/mol. The van der Waals surface area contributed by atoms with Gasteiger partial charge in [-0.05, 0) is 37.3 Å². The Hall–Kier alpha value is -2.24. The van der Waals surface area contributed by atoms with Gasteiger partial charge < -0.3 is 19.3 Å². The van der Waals surface area contributed by atoms with E-state index in [1.54, 1.807) is 4.90 Å². The summed E-state index contributed by atoms with van der Waals surface area (Å²) < 4.78 is 10.7. The molecule has 2 amide bonds. The molecule has 0 bridgehead atoms. The molecule has 1 aromatic carbocycles. The molecule has 6 nitrogen and oxygen atoms in total. The second-order valence-electron chi connectivity index (χ2n) is 7.17. The zero-order chi connectivity index (χ0) is 17.4. The molecule has 4 rings (SSSR count). The van der Waals surface area contributed by atoms with Crippen molar-refractivity contribution in [3.05, 3.63) is 18.2 Å². The SMILES string of the molecule is CCCN(CC1CC1)C(=O)C1CC(=O)N(c2ccc3c(c2)OCO3)C1. The lowest BCUT2D eigenvalue weighted by molar-refractivity contribution is -0.136. The number of benzene rings is 1. The predicted octanol–water partition coefficient (Wildman–Crippen LogP) is 2.42. The number of carbonyl (C=O) groups excluding carboxylic acids is 2. The van der Waals surface area contributed by atoms with E-state index in [1.807, 2.05) is 23.1 Å². The summed E-state index contributed by atoms with van der Waals surface area (Å²) in [6.45, 7) is 4.38. The average Bonchev–Trinajstić information content (AvgIpc) is 3.16. The van der Waals surface area contributed by atoms with Crippen molar-refractivity contribution >= 4 is 17.5 Å². The fraction of sp³-hybridized carbons (Fsp3) is 0.579. The minimum atomic E-state index is -0.247. The van der Waals surface area contributed by atoms with E-state index in [2.05, 4.69) is 6.92 Å². The van der Waals surface area contributed by atoms with Crippen LogP contribution in [-0.4, -0.2) is 43.1 Å². The summed E-state index contributed by atoms with van der Waals surface area (Å²) in [5, 5.41) is 0. The van der Waals surface area contributed by atoms with Gasteiger partial charge in [0, 0.05) is 37.8 Å². The summed E-state index contributed by atoms with van der Waals surface area (Å²) in [6.07, 6.45) is 3.68. The molecule has 2 fully saturated rings. The molecule has 1 saturated carbocycles. The first-order valence-corrected chi connectivity index (χ1v) is 9.14. The zero-order valence-electron chi connectivity index (χ0n) is 14.6. The Morgan fingerprint density at radius 2 is 2.08 bits per heavy atom. The number of fused-ring (bicyclic) bond motifs is 1. The molecule has 1 aliphatic carbocycles. The van der Waals surface area contributed by atoms with E-state index in [0.717, 1.165) is 25.2 Å². The number of hydrogen-bond acceptors (Lipinski definition) is 4. The summed E-state index contributed by atoms with van der Waals surface area (Å²) in [7, 11) is 0. The Balaban J connectivity index is 1.46. The highest BCUT2D eigenvalue weighted by Crippen LogP contribution is 2.37. The van der Waals surface area contributed by atoms with Crippen LogP contribution in [0.25, 0.3) is 0 Å². The van der Waals surface area contributed by atoms with Crippen LogP contribution < -0.4 is 14.4 Å². The Morgan fingerprint density at radius 3 is 2.84 bits per heavy atom. The fourth-order valence-corrected chi connectivity index (χ4v) is 3.61. The summed E-state index contributed by atoms with van der Waals surface area (Å²) in [5.74, 6) is 1.90. The van der Waals surface area contributed by atoms with Crippen molar-refractivity contribution < 1.29 is 19.1 Å². The van der Waals surface area contributed by atoms with Gasteiger partial charge in [0.2, 0.25) is 18.6 Å². The van der Waals surface area contributed by atoms with E-state index < -0.39 is 0 Å². The Bertz CT molecular complexity index is 686. The number of anilines is 1. The number of ether oxygens (including phenoxy) is 2. The highest BCUT2D eigenvalue weighted by molar-refractivity contribution is 6.00. The second kappa shape index (κ2) is 6.58. The Kier molecular flexibility index (Phi) is 4.27. The van der Waals surface area contributed by atoms with Gasteiger partial charge in [0.05, 0.1) is 5.92 Å². The molecule has 6 heteroatoms. The molecule has 1 aromatic rings. The maximum absolute atomic E-state index is 12.9. The summed E-state index contributed by atoms with van der Waals surface area (Å²) in [6, 6.07) is 5.49. The first-order chi connectivity index (χ1) is 12.2. The maximum Gasteiger partial charge on any atom is 0.231 e. The molecule has 1 atom stereocenters. The first-order valence-electron chi connectivity index (χ1n) is 9.14. The number of amides is 2. The van der Waals surface area contributed by atoms with Gasteiger partial charge in [-0.2, -0.15) is 0 Å². The highest BCUT2D eigenvalue weighted by atomic mass is 16.7. The quantitative estimate of drug-likeness (QED) is 0.795. The highest BCUT2D eigenvalue weighted by Gasteiger charge is 2.38. The van der Waals surface area contributed by atoms with Gasteiger partial charge in [-0.3, -0.25) is 9.59 Å². The van der Waals surface area contributed by atoms with Crippen LogP contribution in [0.3, 0.4) is 0 Å². The van der Waals surface area contributed by atoms with Gasteiger partial charge in [0.1, 0.15) is 0 Å². The summed E-state index contributed by atoms with van der Waals surface area (Å²) in [5.41, 5.74) is 0.772. The van der Waals surface area contributed by atoms with Gasteiger partial charge in [-0.25, -0.2) is 0 Å². The first kappa shape index (κ1) is 16.2. The van der Waals surface area contributed by atoms with Gasteiger partial charge in [0.15, 0.2) is 11.5 Å².